The summed E-state index contributed by atoms with van der Waals surface area (Å²) >= 11 is 0. The molecule has 0 bridgehead atoms. The number of carboxylic acid groups (broad SMARTS) is 1. The Hall–Kier alpha value is -1.55. The smallest absolute Gasteiger partial charge is 0.308 e. The normalized spacial score (nSPS) is 12.1. The molecule has 1 aromatic rings. The van der Waals surface area contributed by atoms with Gasteiger partial charge in [-0.15, -0.1) is 0 Å². The van der Waals surface area contributed by atoms with Gasteiger partial charge < -0.3 is 15.2 Å². The highest BCUT2D eigenvalue weighted by Crippen LogP contribution is 2.16. The van der Waals surface area contributed by atoms with Gasteiger partial charge in [0.1, 0.15) is 0 Å². The highest BCUT2D eigenvalue weighted by Gasteiger charge is 2.10. The van der Waals surface area contributed by atoms with Gasteiger partial charge in [-0.05, 0) is 6.07 Å². The average molecular weight is 223 g/mol. The van der Waals surface area contributed by atoms with Gasteiger partial charge in [-0.1, -0.05) is 25.1 Å². The molecule has 0 radical (unpaired) electrons. The summed E-state index contributed by atoms with van der Waals surface area (Å²) in [5.74, 6) is -1.20. The van der Waals surface area contributed by atoms with Crippen molar-refractivity contribution in [2.45, 2.75) is 13.5 Å². The second-order valence-electron chi connectivity index (χ2n) is 3.71. The van der Waals surface area contributed by atoms with Crippen LogP contribution in [0, 0.1) is 5.92 Å². The number of para-hydroxylation sites is 1. The van der Waals surface area contributed by atoms with Crippen LogP contribution in [0.5, 0.6) is 0 Å². The number of hydrogen-bond acceptors (Lipinski definition) is 3. The molecule has 0 aromatic heterocycles. The molecule has 88 valence electrons. The summed E-state index contributed by atoms with van der Waals surface area (Å²) in [6.07, 6.45) is 0. The van der Waals surface area contributed by atoms with E-state index in [9.17, 15) is 4.79 Å². The van der Waals surface area contributed by atoms with Crippen LogP contribution in [0.25, 0.3) is 0 Å². The van der Waals surface area contributed by atoms with Gasteiger partial charge in [0.2, 0.25) is 0 Å². The molecular weight excluding hydrogens is 206 g/mol. The Bertz CT molecular complexity index is 352. The maximum Gasteiger partial charge on any atom is 0.308 e. The Morgan fingerprint density at radius 2 is 2.19 bits per heavy atom. The highest BCUT2D eigenvalue weighted by atomic mass is 16.5. The van der Waals surface area contributed by atoms with Crippen molar-refractivity contribution in [2.75, 3.05) is 19.0 Å². The van der Waals surface area contributed by atoms with Crippen LogP contribution in [0.2, 0.25) is 0 Å². The predicted molar refractivity (Wildman–Crippen MR) is 62.4 cm³/mol. The number of methoxy groups -OCH3 is 1. The van der Waals surface area contributed by atoms with Crippen molar-refractivity contribution in [2.24, 2.45) is 5.92 Å². The predicted octanol–water partition coefficient (Wildman–Crippen LogP) is 1.97. The van der Waals surface area contributed by atoms with Gasteiger partial charge in [0, 0.05) is 24.9 Å². The molecule has 2 N–H and O–H groups in total. The monoisotopic (exact) mass is 223 g/mol. The van der Waals surface area contributed by atoms with Gasteiger partial charge in [-0.25, -0.2) is 0 Å². The minimum atomic E-state index is -0.795. The van der Waals surface area contributed by atoms with Crippen molar-refractivity contribution in [3.8, 4) is 0 Å². The van der Waals surface area contributed by atoms with Crippen LogP contribution < -0.4 is 5.32 Å². The first kappa shape index (κ1) is 12.5. The zero-order chi connectivity index (χ0) is 12.0. The van der Waals surface area contributed by atoms with Gasteiger partial charge in [0.25, 0.3) is 0 Å². The fourth-order valence-corrected chi connectivity index (χ4v) is 1.32. The lowest BCUT2D eigenvalue weighted by Gasteiger charge is -2.13. The van der Waals surface area contributed by atoms with Gasteiger partial charge in [-0.3, -0.25) is 4.79 Å². The Balaban J connectivity index is 2.62. The summed E-state index contributed by atoms with van der Waals surface area (Å²) in [4.78, 5) is 10.7. The number of carbonyl (C=O) groups is 1. The number of nitrogens with one attached hydrogen (secondary N) is 1. The number of benzene rings is 1. The first-order chi connectivity index (χ1) is 7.65. The quantitative estimate of drug-likeness (QED) is 0.774. The Labute approximate surface area is 95.2 Å². The van der Waals surface area contributed by atoms with E-state index in [4.69, 9.17) is 9.84 Å². The minimum absolute atomic E-state index is 0.407. The summed E-state index contributed by atoms with van der Waals surface area (Å²) in [5.41, 5.74) is 1.96. The van der Waals surface area contributed by atoms with E-state index in [0.717, 1.165) is 11.3 Å². The van der Waals surface area contributed by atoms with Crippen LogP contribution in [0.3, 0.4) is 0 Å². The molecule has 0 amide bonds. The fourth-order valence-electron chi connectivity index (χ4n) is 1.32. The second kappa shape index (κ2) is 6.12. The number of hydrogen-bond donors (Lipinski definition) is 2. The fraction of sp³-hybridized carbons (Fsp3) is 0.417. The maximum absolute atomic E-state index is 10.7. The molecule has 0 aliphatic rings. The average Bonchev–Trinajstić information content (AvgIpc) is 2.27. The third-order valence-electron chi connectivity index (χ3n) is 2.34. The minimum Gasteiger partial charge on any atom is -0.481 e. The van der Waals surface area contributed by atoms with Crippen molar-refractivity contribution in [3.63, 3.8) is 0 Å². The standard InChI is InChI=1S/C12H17NO3/c1-9(12(14)15)7-13-11-6-4-3-5-10(11)8-16-2/h3-6,9,13H,7-8H2,1-2H3,(H,14,15). The van der Waals surface area contributed by atoms with E-state index in [-0.39, 0.29) is 0 Å². The van der Waals surface area contributed by atoms with E-state index in [1.54, 1.807) is 14.0 Å². The molecule has 4 heteroatoms. The summed E-state index contributed by atoms with van der Waals surface area (Å²) in [7, 11) is 1.64. The van der Waals surface area contributed by atoms with Crippen LogP contribution in [0.1, 0.15) is 12.5 Å². The van der Waals surface area contributed by atoms with Crippen LogP contribution in [-0.2, 0) is 16.1 Å². The van der Waals surface area contributed by atoms with Crippen LogP contribution in [0.15, 0.2) is 24.3 Å². The summed E-state index contributed by atoms with van der Waals surface area (Å²) in [6.45, 7) is 2.61. The highest BCUT2D eigenvalue weighted by molar-refractivity contribution is 5.70. The molecule has 0 aliphatic carbocycles. The molecule has 0 saturated heterocycles. The molecule has 1 rings (SSSR count). The van der Waals surface area contributed by atoms with Crippen molar-refractivity contribution in [1.29, 1.82) is 0 Å². The second-order valence-corrected chi connectivity index (χ2v) is 3.71. The SMILES string of the molecule is COCc1ccccc1NCC(C)C(=O)O. The molecule has 1 unspecified atom stereocenters. The number of anilines is 1. The van der Waals surface area contributed by atoms with E-state index in [0.29, 0.717) is 13.2 Å². The molecular formula is C12H17NO3. The lowest BCUT2D eigenvalue weighted by Crippen LogP contribution is -2.20. The van der Waals surface area contributed by atoms with Crippen LogP contribution in [-0.4, -0.2) is 24.7 Å². The van der Waals surface area contributed by atoms with Crippen molar-refractivity contribution >= 4 is 11.7 Å². The van der Waals surface area contributed by atoms with Crippen LogP contribution in [0.4, 0.5) is 5.69 Å². The van der Waals surface area contributed by atoms with Crippen molar-refractivity contribution < 1.29 is 14.6 Å². The molecule has 0 aliphatic heterocycles. The third kappa shape index (κ3) is 3.55. The molecule has 0 saturated carbocycles. The Morgan fingerprint density at radius 3 is 2.81 bits per heavy atom. The zero-order valence-corrected chi connectivity index (χ0v) is 9.56. The van der Waals surface area contributed by atoms with E-state index in [1.807, 2.05) is 24.3 Å². The van der Waals surface area contributed by atoms with E-state index in [2.05, 4.69) is 5.32 Å². The van der Waals surface area contributed by atoms with Crippen molar-refractivity contribution in [1.82, 2.24) is 0 Å². The van der Waals surface area contributed by atoms with Gasteiger partial charge in [-0.2, -0.15) is 0 Å². The third-order valence-corrected chi connectivity index (χ3v) is 2.34. The maximum atomic E-state index is 10.7. The Kier molecular flexibility index (Phi) is 4.79. The molecule has 16 heavy (non-hydrogen) atoms. The molecule has 0 spiro atoms. The summed E-state index contributed by atoms with van der Waals surface area (Å²) in [6, 6.07) is 7.72. The molecule has 0 heterocycles. The number of rotatable bonds is 6. The summed E-state index contributed by atoms with van der Waals surface area (Å²) < 4.78 is 5.07. The molecule has 0 fully saturated rings. The molecule has 4 nitrogen and oxygen atoms in total. The van der Waals surface area contributed by atoms with Crippen molar-refractivity contribution in [3.05, 3.63) is 29.8 Å². The van der Waals surface area contributed by atoms with Gasteiger partial charge in [0.15, 0.2) is 0 Å². The lowest BCUT2D eigenvalue weighted by molar-refractivity contribution is -0.140. The summed E-state index contributed by atoms with van der Waals surface area (Å²) in [5, 5.41) is 11.9. The first-order valence-corrected chi connectivity index (χ1v) is 5.18. The van der Waals surface area contributed by atoms with Gasteiger partial charge >= 0.3 is 5.97 Å². The largest absolute Gasteiger partial charge is 0.481 e. The Morgan fingerprint density at radius 1 is 1.50 bits per heavy atom. The number of ether oxygens (including phenoxy) is 1. The topological polar surface area (TPSA) is 58.6 Å². The number of carboxylic acids is 1. The van der Waals surface area contributed by atoms with E-state index < -0.39 is 11.9 Å². The van der Waals surface area contributed by atoms with E-state index >= 15 is 0 Å². The molecule has 1 atom stereocenters. The lowest BCUT2D eigenvalue weighted by atomic mass is 10.1. The number of aliphatic carboxylic acids is 1. The van der Waals surface area contributed by atoms with E-state index in [1.165, 1.54) is 0 Å². The first-order valence-electron chi connectivity index (χ1n) is 5.18. The molecule has 1 aromatic carbocycles. The van der Waals surface area contributed by atoms with Crippen LogP contribution >= 0.6 is 0 Å². The zero-order valence-electron chi connectivity index (χ0n) is 9.56. The van der Waals surface area contributed by atoms with Gasteiger partial charge in [0.05, 0.1) is 12.5 Å².